The number of hydrogen-bond acceptors (Lipinski definition) is 7. The lowest BCUT2D eigenvalue weighted by molar-refractivity contribution is -0.706. The number of hydrogen-bond donors (Lipinski definition) is 2. The van der Waals surface area contributed by atoms with Crippen molar-refractivity contribution in [2.24, 2.45) is 0 Å². The molecule has 8 heteroatoms. The second kappa shape index (κ2) is 13.4. The van der Waals surface area contributed by atoms with Gasteiger partial charge < -0.3 is 19.5 Å². The van der Waals surface area contributed by atoms with Crippen LogP contribution in [0.3, 0.4) is 0 Å². The van der Waals surface area contributed by atoms with Crippen LogP contribution in [0.1, 0.15) is 47.1 Å². The molecule has 0 saturated heterocycles. The van der Waals surface area contributed by atoms with Gasteiger partial charge >= 0.3 is 5.88 Å². The molecule has 0 fully saturated rings. The molecule has 0 bridgehead atoms. The van der Waals surface area contributed by atoms with Gasteiger partial charge in [0.2, 0.25) is 6.67 Å². The van der Waals surface area contributed by atoms with Crippen LogP contribution in [0.25, 0.3) is 22.3 Å². The number of aromatic nitrogens is 2. The summed E-state index contributed by atoms with van der Waals surface area (Å²) >= 11 is 0. The number of nitriles is 1. The largest absolute Gasteiger partial charge is 0.445 e. The molecule has 2 atom stereocenters. The number of likely N-dealkylation sites (N-methyl/N-ethyl adjacent to an activating group) is 1. The number of fused-ring (bicyclic) bond motifs is 2. The van der Waals surface area contributed by atoms with Crippen molar-refractivity contribution in [3.05, 3.63) is 101 Å². The van der Waals surface area contributed by atoms with Gasteiger partial charge in [-0.1, -0.05) is 36.4 Å². The predicted molar refractivity (Wildman–Crippen MR) is 164 cm³/mol. The van der Waals surface area contributed by atoms with Crippen LogP contribution in [0.15, 0.2) is 73.1 Å². The lowest BCUT2D eigenvalue weighted by Crippen LogP contribution is -2.44. The lowest BCUT2D eigenvalue weighted by atomic mass is 9.90. The first kappa shape index (κ1) is 29.0. The predicted octanol–water partition coefficient (Wildman–Crippen LogP) is 4.67. The second-order valence-corrected chi connectivity index (χ2v) is 10.8. The van der Waals surface area contributed by atoms with Gasteiger partial charge in [-0.05, 0) is 77.9 Å². The van der Waals surface area contributed by atoms with Gasteiger partial charge in [0, 0.05) is 30.9 Å². The van der Waals surface area contributed by atoms with Gasteiger partial charge in [0.1, 0.15) is 11.8 Å². The van der Waals surface area contributed by atoms with Crippen molar-refractivity contribution in [2.75, 3.05) is 40.0 Å². The number of ether oxygens (including phenoxy) is 3. The minimum atomic E-state index is -0.0610. The molecule has 4 aromatic rings. The second-order valence-electron chi connectivity index (χ2n) is 10.8. The van der Waals surface area contributed by atoms with Gasteiger partial charge in [-0.15, -0.1) is 0 Å². The average molecular weight is 577 g/mol. The summed E-state index contributed by atoms with van der Waals surface area (Å²) in [6.07, 6.45) is 5.64. The summed E-state index contributed by atoms with van der Waals surface area (Å²) in [5.41, 5.74) is 10.1. The summed E-state index contributed by atoms with van der Waals surface area (Å²) in [5, 5.41) is 16.0. The molecule has 0 unspecified atom stereocenters. The van der Waals surface area contributed by atoms with Crippen LogP contribution >= 0.6 is 0 Å². The zero-order valence-electron chi connectivity index (χ0n) is 24.8. The average Bonchev–Trinajstić information content (AvgIpc) is 3.05. The van der Waals surface area contributed by atoms with Crippen LogP contribution in [0, 0.1) is 11.3 Å². The molecule has 220 valence electrons. The number of rotatable bonds is 10. The quantitative estimate of drug-likeness (QED) is 0.265. The molecule has 0 spiro atoms. The standard InChI is InChI=1S/C35H38N5O3/c1-3-41-35-18-24(27-6-4-8-31-29(27)13-16-42-33(31)21-37-2)12-15-40(35)23-38-22-34-32-9-5-7-28(30(32)14-17-43-34)25-10-11-26(19-36)39-20-25/h4-12,15,18,20,33-34,37-38H,3,13-14,16-17,21-23H2,1-2H3/q+1/t33-,34-/m0/s1. The van der Waals surface area contributed by atoms with Gasteiger partial charge in [0.05, 0.1) is 38.1 Å². The zero-order chi connectivity index (χ0) is 29.6. The highest BCUT2D eigenvalue weighted by Crippen LogP contribution is 2.36. The summed E-state index contributed by atoms with van der Waals surface area (Å²) in [4.78, 5) is 4.28. The van der Waals surface area contributed by atoms with E-state index in [1.807, 2.05) is 20.0 Å². The maximum absolute atomic E-state index is 9.12. The fourth-order valence-electron chi connectivity index (χ4n) is 6.23. The van der Waals surface area contributed by atoms with Crippen LogP contribution in [0.2, 0.25) is 0 Å². The molecule has 0 aliphatic carbocycles. The molecule has 43 heavy (non-hydrogen) atoms. The smallest absolute Gasteiger partial charge is 0.369 e. The normalized spacial score (nSPS) is 17.5. The van der Waals surface area contributed by atoms with Gasteiger partial charge in [0.25, 0.3) is 0 Å². The van der Waals surface area contributed by atoms with Gasteiger partial charge in [0.15, 0.2) is 6.20 Å². The fourth-order valence-corrected chi connectivity index (χ4v) is 6.23. The summed E-state index contributed by atoms with van der Waals surface area (Å²) < 4.78 is 20.5. The van der Waals surface area contributed by atoms with Crippen LogP contribution in [-0.4, -0.2) is 44.9 Å². The highest BCUT2D eigenvalue weighted by molar-refractivity contribution is 5.70. The first-order valence-corrected chi connectivity index (χ1v) is 15.1. The Morgan fingerprint density at radius 2 is 1.63 bits per heavy atom. The number of pyridine rings is 2. The molecule has 0 saturated carbocycles. The maximum atomic E-state index is 9.12. The highest BCUT2D eigenvalue weighted by atomic mass is 16.5. The van der Waals surface area contributed by atoms with E-state index >= 15 is 0 Å². The van der Waals surface area contributed by atoms with Crippen LogP contribution < -0.4 is 19.9 Å². The molecular formula is C35H38N5O3+. The Morgan fingerprint density at radius 3 is 2.26 bits per heavy atom. The van der Waals surface area contributed by atoms with Crippen molar-refractivity contribution in [2.45, 2.75) is 38.6 Å². The van der Waals surface area contributed by atoms with Crippen molar-refractivity contribution < 1.29 is 18.8 Å². The van der Waals surface area contributed by atoms with E-state index in [0.717, 1.165) is 48.6 Å². The van der Waals surface area contributed by atoms with Crippen LogP contribution in [0.4, 0.5) is 0 Å². The monoisotopic (exact) mass is 576 g/mol. The third-order valence-corrected chi connectivity index (χ3v) is 8.25. The summed E-state index contributed by atoms with van der Waals surface area (Å²) in [7, 11) is 1.96. The van der Waals surface area contributed by atoms with E-state index in [9.17, 15) is 0 Å². The van der Waals surface area contributed by atoms with E-state index in [1.54, 1.807) is 12.3 Å². The van der Waals surface area contributed by atoms with E-state index in [1.165, 1.54) is 27.8 Å². The van der Waals surface area contributed by atoms with Crippen molar-refractivity contribution >= 4 is 0 Å². The Balaban J connectivity index is 1.19. The molecule has 2 aliphatic heterocycles. The number of nitrogens with one attached hydrogen (secondary N) is 2. The minimum Gasteiger partial charge on any atom is -0.445 e. The molecule has 2 N–H and O–H groups in total. The molecule has 0 amide bonds. The number of nitrogens with zero attached hydrogens (tertiary/aromatic N) is 3. The van der Waals surface area contributed by atoms with Crippen LogP contribution in [-0.2, 0) is 29.0 Å². The van der Waals surface area contributed by atoms with E-state index in [4.69, 9.17) is 19.5 Å². The Morgan fingerprint density at radius 1 is 0.930 bits per heavy atom. The molecule has 8 nitrogen and oxygen atoms in total. The first-order chi connectivity index (χ1) is 21.2. The molecular weight excluding hydrogens is 538 g/mol. The van der Waals surface area contributed by atoms with Gasteiger partial charge in [-0.3, -0.25) is 5.32 Å². The minimum absolute atomic E-state index is 0.0610. The van der Waals surface area contributed by atoms with Crippen LogP contribution in [0.5, 0.6) is 5.88 Å². The Kier molecular flexibility index (Phi) is 9.06. The molecule has 2 aromatic carbocycles. The Hall–Kier alpha value is -4.13. The van der Waals surface area contributed by atoms with E-state index in [2.05, 4.69) is 81.0 Å². The fraction of sp³-hybridized carbons (Fsp3) is 0.343. The van der Waals surface area contributed by atoms with Gasteiger partial charge in [-0.25, -0.2) is 4.98 Å². The molecule has 4 heterocycles. The summed E-state index contributed by atoms with van der Waals surface area (Å²) in [5.74, 6) is 0.824. The zero-order valence-corrected chi connectivity index (χ0v) is 24.8. The lowest BCUT2D eigenvalue weighted by Gasteiger charge is -2.28. The van der Waals surface area contributed by atoms with E-state index < -0.39 is 0 Å². The number of benzene rings is 2. The third kappa shape index (κ3) is 6.17. The molecule has 0 radical (unpaired) electrons. The molecule has 2 aliphatic rings. The highest BCUT2D eigenvalue weighted by Gasteiger charge is 2.26. The molecule has 2 aromatic heterocycles. The topological polar surface area (TPSA) is 92.3 Å². The Bertz CT molecular complexity index is 1620. The maximum Gasteiger partial charge on any atom is 0.369 e. The van der Waals surface area contributed by atoms with E-state index in [0.29, 0.717) is 32.1 Å². The van der Waals surface area contributed by atoms with Crippen molar-refractivity contribution in [3.63, 3.8) is 0 Å². The SMILES string of the molecule is CCOc1cc(-c2cccc3c2CCO[C@H]3CNC)cc[n+]1CNC[C@@H]1OCCc2c(-c3ccc(C#N)nc3)cccc21. The van der Waals surface area contributed by atoms with E-state index in [-0.39, 0.29) is 12.2 Å². The van der Waals surface area contributed by atoms with Gasteiger partial charge in [-0.2, -0.15) is 9.83 Å². The summed E-state index contributed by atoms with van der Waals surface area (Å²) in [6, 6.07) is 23.0. The van der Waals surface area contributed by atoms with Crippen molar-refractivity contribution in [1.82, 2.24) is 15.6 Å². The first-order valence-electron chi connectivity index (χ1n) is 15.1. The van der Waals surface area contributed by atoms with Crippen molar-refractivity contribution in [3.8, 4) is 34.2 Å². The Labute approximate surface area is 253 Å². The molecule has 6 rings (SSSR count). The third-order valence-electron chi connectivity index (χ3n) is 8.25. The summed E-state index contributed by atoms with van der Waals surface area (Å²) in [6.45, 7) is 6.04. The van der Waals surface area contributed by atoms with Crippen molar-refractivity contribution in [1.29, 1.82) is 5.26 Å².